The van der Waals surface area contributed by atoms with E-state index in [9.17, 15) is 0 Å². The van der Waals surface area contributed by atoms with Crippen LogP contribution >= 0.6 is 11.8 Å². The first kappa shape index (κ1) is 19.7. The molecule has 30 heavy (non-hydrogen) atoms. The molecular formula is C25H29ClN4. The molecule has 0 bridgehead atoms. The van der Waals surface area contributed by atoms with E-state index in [1.165, 1.54) is 56.1 Å². The maximum atomic E-state index is 6.63. The summed E-state index contributed by atoms with van der Waals surface area (Å²) in [4.78, 5) is 7.25. The number of hydrogen-bond donors (Lipinski definition) is 0. The van der Waals surface area contributed by atoms with Crippen molar-refractivity contribution in [1.29, 1.82) is 0 Å². The number of rotatable bonds is 6. The van der Waals surface area contributed by atoms with Crippen LogP contribution in [0.15, 0.2) is 54.7 Å². The van der Waals surface area contributed by atoms with Crippen molar-refractivity contribution < 1.29 is 0 Å². The lowest BCUT2D eigenvalue weighted by atomic mass is 9.92. The van der Waals surface area contributed by atoms with Gasteiger partial charge in [0, 0.05) is 41.0 Å². The molecule has 5 heteroatoms. The van der Waals surface area contributed by atoms with Crippen LogP contribution in [0.5, 0.6) is 0 Å². The van der Waals surface area contributed by atoms with Crippen molar-refractivity contribution in [3.8, 4) is 11.4 Å². The minimum absolute atomic E-state index is 0.809. The molecule has 0 unspecified atom stereocenters. The fourth-order valence-corrected chi connectivity index (χ4v) is 5.11. The van der Waals surface area contributed by atoms with Crippen molar-refractivity contribution in [2.75, 3.05) is 20.1 Å². The highest BCUT2D eigenvalue weighted by Crippen LogP contribution is 2.32. The second kappa shape index (κ2) is 8.44. The number of imidazole rings is 1. The molecule has 1 fully saturated rings. The number of unbranched alkanes of at least 4 members (excludes halogenated alkanes) is 1. The number of piperidine rings is 1. The molecule has 0 spiro atoms. The largest absolute Gasteiger partial charge is 0.347 e. The van der Waals surface area contributed by atoms with E-state index in [-0.39, 0.29) is 0 Å². The van der Waals surface area contributed by atoms with Crippen LogP contribution in [0.25, 0.3) is 33.3 Å². The first-order valence-electron chi connectivity index (χ1n) is 11.1. The number of nitrogens with zero attached hydrogens (tertiary/aromatic N) is 4. The summed E-state index contributed by atoms with van der Waals surface area (Å²) in [5.41, 5.74) is 4.21. The number of hydrogen-bond acceptors (Lipinski definition) is 2. The predicted molar refractivity (Wildman–Crippen MR) is 126 cm³/mol. The smallest absolute Gasteiger partial charge is 0.156 e. The number of benzene rings is 2. The Morgan fingerprint density at radius 1 is 0.967 bits per heavy atom. The van der Waals surface area contributed by atoms with Gasteiger partial charge in [-0.25, -0.2) is 9.07 Å². The van der Waals surface area contributed by atoms with Gasteiger partial charge in [0.15, 0.2) is 5.82 Å². The first-order valence-corrected chi connectivity index (χ1v) is 11.4. The molecular weight excluding hydrogens is 392 g/mol. The predicted octanol–water partition coefficient (Wildman–Crippen LogP) is 6.17. The van der Waals surface area contributed by atoms with Gasteiger partial charge in [0.1, 0.15) is 0 Å². The summed E-state index contributed by atoms with van der Waals surface area (Å²) in [7, 11) is 2.24. The number of halogens is 1. The van der Waals surface area contributed by atoms with Gasteiger partial charge >= 0.3 is 0 Å². The number of aromatic nitrogens is 3. The third-order valence-electron chi connectivity index (χ3n) is 6.66. The second-order valence-corrected chi connectivity index (χ2v) is 9.03. The topological polar surface area (TPSA) is 26.0 Å². The number of fused-ring (bicyclic) bond motifs is 2. The van der Waals surface area contributed by atoms with Crippen molar-refractivity contribution >= 4 is 33.7 Å². The summed E-state index contributed by atoms with van der Waals surface area (Å²) in [5.74, 6) is 1.73. The van der Waals surface area contributed by atoms with Crippen LogP contribution in [0.3, 0.4) is 0 Å². The average Bonchev–Trinajstić information content (AvgIpc) is 3.34. The molecule has 1 aliphatic heterocycles. The van der Waals surface area contributed by atoms with Crippen LogP contribution in [-0.4, -0.2) is 38.7 Å². The summed E-state index contributed by atoms with van der Waals surface area (Å²) >= 11 is 6.63. The van der Waals surface area contributed by atoms with Crippen LogP contribution < -0.4 is 0 Å². The molecule has 2 aromatic carbocycles. The fourth-order valence-electron chi connectivity index (χ4n) is 4.84. The van der Waals surface area contributed by atoms with Crippen molar-refractivity contribution in [1.82, 2.24) is 18.5 Å². The Labute approximate surface area is 183 Å². The van der Waals surface area contributed by atoms with Gasteiger partial charge in [-0.1, -0.05) is 37.1 Å². The highest BCUT2D eigenvalue weighted by molar-refractivity contribution is 6.21. The van der Waals surface area contributed by atoms with Crippen LogP contribution in [0.1, 0.15) is 32.1 Å². The van der Waals surface area contributed by atoms with E-state index in [2.05, 4.69) is 47.0 Å². The Hall–Kier alpha value is -2.30. The van der Waals surface area contributed by atoms with Crippen LogP contribution in [0, 0.1) is 5.92 Å². The van der Waals surface area contributed by atoms with Gasteiger partial charge in [0.2, 0.25) is 0 Å². The van der Waals surface area contributed by atoms with E-state index in [1.54, 1.807) is 4.09 Å². The standard InChI is InChI=1S/C25H29ClN4/c1-28-16-12-19(13-17-28)7-4-5-15-29-18-14-20-21(8-6-11-23(20)29)25-27-22-9-2-3-10-24(22)30(25)26/h2-3,6,8-11,14,18-19H,4-5,7,12-13,15-17H2,1H3. The monoisotopic (exact) mass is 420 g/mol. The molecule has 3 heterocycles. The van der Waals surface area contributed by atoms with E-state index in [1.807, 2.05) is 24.3 Å². The lowest BCUT2D eigenvalue weighted by molar-refractivity contribution is 0.209. The quantitative estimate of drug-likeness (QED) is 0.348. The lowest BCUT2D eigenvalue weighted by Crippen LogP contribution is -2.30. The zero-order valence-electron chi connectivity index (χ0n) is 17.6. The lowest BCUT2D eigenvalue weighted by Gasteiger charge is -2.28. The Morgan fingerprint density at radius 2 is 1.77 bits per heavy atom. The van der Waals surface area contributed by atoms with Crippen LogP contribution in [0.4, 0.5) is 0 Å². The SMILES string of the molecule is CN1CCC(CCCCn2ccc3c(-c4nc5ccccc5n4Cl)cccc32)CC1. The van der Waals surface area contributed by atoms with E-state index in [0.717, 1.165) is 34.9 Å². The Balaban J connectivity index is 1.32. The zero-order valence-corrected chi connectivity index (χ0v) is 18.4. The average molecular weight is 421 g/mol. The second-order valence-electron chi connectivity index (χ2n) is 8.69. The highest BCUT2D eigenvalue weighted by Gasteiger charge is 2.17. The Bertz CT molecular complexity index is 1150. The third kappa shape index (κ3) is 3.75. The molecule has 0 radical (unpaired) electrons. The molecule has 0 amide bonds. The van der Waals surface area contributed by atoms with Gasteiger partial charge in [-0.2, -0.15) is 0 Å². The molecule has 0 saturated carbocycles. The molecule has 1 saturated heterocycles. The molecule has 2 aromatic heterocycles. The molecule has 1 aliphatic rings. The van der Waals surface area contributed by atoms with E-state index in [4.69, 9.17) is 16.8 Å². The zero-order chi connectivity index (χ0) is 20.5. The van der Waals surface area contributed by atoms with Gasteiger partial charge in [0.05, 0.1) is 11.0 Å². The van der Waals surface area contributed by atoms with Crippen molar-refractivity contribution in [2.45, 2.75) is 38.6 Å². The van der Waals surface area contributed by atoms with Gasteiger partial charge in [-0.15, -0.1) is 0 Å². The van der Waals surface area contributed by atoms with Crippen LogP contribution in [-0.2, 0) is 6.54 Å². The van der Waals surface area contributed by atoms with Gasteiger partial charge in [0.25, 0.3) is 0 Å². The van der Waals surface area contributed by atoms with Crippen molar-refractivity contribution in [3.05, 3.63) is 54.7 Å². The summed E-state index contributed by atoms with van der Waals surface area (Å²) in [6, 6.07) is 16.7. The molecule has 4 nitrogen and oxygen atoms in total. The van der Waals surface area contributed by atoms with Crippen molar-refractivity contribution in [2.24, 2.45) is 5.92 Å². The number of para-hydroxylation sites is 2. The van der Waals surface area contributed by atoms with E-state index in [0.29, 0.717) is 0 Å². The van der Waals surface area contributed by atoms with Crippen molar-refractivity contribution in [3.63, 3.8) is 0 Å². The molecule has 0 aliphatic carbocycles. The van der Waals surface area contributed by atoms with Gasteiger partial charge in [-0.05, 0) is 69.6 Å². The highest BCUT2D eigenvalue weighted by atomic mass is 35.5. The summed E-state index contributed by atoms with van der Waals surface area (Å²) < 4.78 is 4.07. The number of likely N-dealkylation sites (tertiary alicyclic amines) is 1. The van der Waals surface area contributed by atoms with Crippen LogP contribution in [0.2, 0.25) is 0 Å². The summed E-state index contributed by atoms with van der Waals surface area (Å²) in [5, 5.41) is 1.21. The summed E-state index contributed by atoms with van der Waals surface area (Å²) in [6.07, 6.45) is 8.86. The van der Waals surface area contributed by atoms with E-state index >= 15 is 0 Å². The molecule has 4 aromatic rings. The summed E-state index contributed by atoms with van der Waals surface area (Å²) in [6.45, 7) is 3.60. The normalized spacial score (nSPS) is 16.1. The maximum Gasteiger partial charge on any atom is 0.156 e. The maximum absolute atomic E-state index is 6.63. The fraction of sp³-hybridized carbons (Fsp3) is 0.400. The third-order valence-corrected chi connectivity index (χ3v) is 7.00. The molecule has 0 atom stereocenters. The first-order chi connectivity index (χ1) is 14.7. The molecule has 156 valence electrons. The Morgan fingerprint density at radius 3 is 2.60 bits per heavy atom. The minimum atomic E-state index is 0.809. The number of aryl methyl sites for hydroxylation is 1. The van der Waals surface area contributed by atoms with E-state index < -0.39 is 0 Å². The Kier molecular flexibility index (Phi) is 5.53. The van der Waals surface area contributed by atoms with Gasteiger partial charge in [-0.3, -0.25) is 0 Å². The molecule has 5 rings (SSSR count). The molecule has 0 N–H and O–H groups in total. The van der Waals surface area contributed by atoms with Gasteiger partial charge < -0.3 is 9.47 Å². The minimum Gasteiger partial charge on any atom is -0.347 e.